The van der Waals surface area contributed by atoms with E-state index in [0.717, 1.165) is 27.9 Å². The van der Waals surface area contributed by atoms with Crippen molar-refractivity contribution < 1.29 is 21.5 Å². The van der Waals surface area contributed by atoms with E-state index in [4.69, 9.17) is 4.98 Å². The van der Waals surface area contributed by atoms with Gasteiger partial charge in [0.2, 0.25) is 0 Å². The summed E-state index contributed by atoms with van der Waals surface area (Å²) in [5, 5.41) is 5.05. The zero-order valence-electron chi connectivity index (χ0n) is 34.1. The maximum Gasteiger partial charge on any atom is 0.0358 e. The Hall–Kier alpha value is -3.15. The quantitative estimate of drug-likeness (QED) is 0.123. The Bertz CT molecular complexity index is 2420. The molecule has 2 aliphatic carbocycles. The molecule has 2 nitrogen and oxygen atoms in total. The molecule has 4 aromatic carbocycles. The van der Waals surface area contributed by atoms with E-state index in [1.807, 2.05) is 35.7 Å². The first-order chi connectivity index (χ1) is 26.6. The van der Waals surface area contributed by atoms with Crippen molar-refractivity contribution in [2.24, 2.45) is 11.8 Å². The molecule has 0 spiro atoms. The second-order valence-corrected chi connectivity index (χ2v) is 28.4. The number of fused-ring (bicyclic) bond motifs is 5. The van der Waals surface area contributed by atoms with Gasteiger partial charge in [0.1, 0.15) is 0 Å². The molecule has 0 atom stereocenters. The predicted octanol–water partition coefficient (Wildman–Crippen LogP) is 14.0. The van der Waals surface area contributed by atoms with Gasteiger partial charge in [-0.2, -0.15) is 11.3 Å². The fourth-order valence-corrected chi connectivity index (χ4v) is 14.1. The molecule has 0 aliphatic heterocycles. The van der Waals surface area contributed by atoms with Gasteiger partial charge in [0, 0.05) is 38.1 Å². The summed E-state index contributed by atoms with van der Waals surface area (Å²) in [6, 6.07) is 37.2. The predicted molar refractivity (Wildman–Crippen MR) is 236 cm³/mol. The summed E-state index contributed by atoms with van der Waals surface area (Å²) in [6.07, 6.45) is 16.6. The number of aromatic nitrogens is 2. The van der Waals surface area contributed by atoms with Gasteiger partial charge in [-0.3, -0.25) is 4.98 Å². The summed E-state index contributed by atoms with van der Waals surface area (Å²) < 4.78 is 14.2. The van der Waals surface area contributed by atoms with Crippen LogP contribution in [-0.2, 0) is 20.1 Å². The van der Waals surface area contributed by atoms with Gasteiger partial charge >= 0.3 is 106 Å². The number of hydrogen-bond donors (Lipinski definition) is 0. The Morgan fingerprint density at radius 2 is 1.47 bits per heavy atom. The van der Waals surface area contributed by atoms with Crippen molar-refractivity contribution in [2.75, 3.05) is 0 Å². The van der Waals surface area contributed by atoms with Crippen molar-refractivity contribution >= 4 is 59.9 Å². The van der Waals surface area contributed by atoms with Crippen molar-refractivity contribution in [3.63, 3.8) is 0 Å². The summed E-state index contributed by atoms with van der Waals surface area (Å²) in [4.78, 5) is 9.55. The summed E-state index contributed by atoms with van der Waals surface area (Å²) in [5.74, 6) is 7.57. The molecule has 55 heavy (non-hydrogen) atoms. The number of rotatable bonds is 6. The number of benzene rings is 4. The van der Waals surface area contributed by atoms with Crippen LogP contribution in [-0.4, -0.2) is 23.2 Å². The van der Waals surface area contributed by atoms with Gasteiger partial charge in [0.15, 0.2) is 0 Å². The van der Waals surface area contributed by atoms with E-state index in [0.29, 0.717) is 11.8 Å². The van der Waals surface area contributed by atoms with Gasteiger partial charge < -0.3 is 0 Å². The second kappa shape index (κ2) is 17.6. The third kappa shape index (κ3) is 8.74. The fraction of sp³-hybridized carbons (Fsp3) is 0.360. The van der Waals surface area contributed by atoms with Crippen molar-refractivity contribution in [3.05, 3.63) is 126 Å². The molecule has 1 radical (unpaired) electrons. The van der Waals surface area contributed by atoms with Gasteiger partial charge in [-0.15, -0.1) is 17.5 Å². The number of nitrogens with zero attached hydrogens (tertiary/aromatic N) is 2. The van der Waals surface area contributed by atoms with Crippen molar-refractivity contribution in [1.29, 1.82) is 0 Å². The van der Waals surface area contributed by atoms with Crippen LogP contribution in [0, 0.1) is 37.8 Å². The van der Waals surface area contributed by atoms with Gasteiger partial charge in [0.25, 0.3) is 0 Å². The van der Waals surface area contributed by atoms with Crippen molar-refractivity contribution in [3.8, 4) is 22.5 Å². The Labute approximate surface area is 350 Å². The summed E-state index contributed by atoms with van der Waals surface area (Å²) in [5.41, 5.74) is 7.98. The molecule has 9 rings (SSSR count). The van der Waals surface area contributed by atoms with Crippen LogP contribution in [0.25, 0.3) is 53.5 Å². The van der Waals surface area contributed by atoms with E-state index >= 15 is 0 Å². The van der Waals surface area contributed by atoms with Crippen LogP contribution in [0.5, 0.6) is 0 Å². The average molecular weight is 981 g/mol. The van der Waals surface area contributed by atoms with Crippen LogP contribution in [0.3, 0.4) is 0 Å². The minimum atomic E-state index is -1.77. The second-order valence-electron chi connectivity index (χ2n) is 16.8. The third-order valence-electron chi connectivity index (χ3n) is 11.9. The first-order valence-corrected chi connectivity index (χ1v) is 28.5. The monoisotopic (exact) mass is 982 g/mol. The molecule has 5 heteroatoms. The van der Waals surface area contributed by atoms with Gasteiger partial charge in [-0.05, 0) is 78.1 Å². The number of pyridine rings is 2. The van der Waals surface area contributed by atoms with Crippen LogP contribution < -0.4 is 4.40 Å². The molecule has 0 unspecified atom stereocenters. The van der Waals surface area contributed by atoms with Crippen LogP contribution in [0.1, 0.15) is 88.2 Å². The van der Waals surface area contributed by atoms with Gasteiger partial charge in [-0.1, -0.05) is 96.8 Å². The average Bonchev–Trinajstić information content (AvgIpc) is 3.61. The number of aryl methyl sites for hydroxylation is 2. The third-order valence-corrected chi connectivity index (χ3v) is 17.5. The largest absolute Gasteiger partial charge is 0.295 e. The molecule has 7 aromatic rings. The van der Waals surface area contributed by atoms with Crippen molar-refractivity contribution in [2.45, 2.75) is 101 Å². The Balaban J connectivity index is 0.000000225. The molecule has 2 fully saturated rings. The smallest absolute Gasteiger partial charge is 0.0358 e. The number of thiophene rings is 1. The first-order valence-electron chi connectivity index (χ1n) is 20.8. The molecule has 2 aliphatic rings. The van der Waals surface area contributed by atoms with E-state index in [9.17, 15) is 1.37 Å². The standard InChI is InChI=1S/C35H36NS.C15H18GeN.Ir/c1-23-16-17-28-27(20-23)21-30(35-34(28)29-14-8-9-15-32(29)37-35)31-22-26(18-19-36-31)33(24-10-4-2-5-11-24)25-12-6-3-7-13-25;1-12-10-15(13-8-6-5-7-9-13)17-11-14(12)16(2,3)4;/h8-9,14-20,22,24-25,33H,2-7,10-13H2,1H3;5-8,10-11H,1-4H3;/q2*-1;/i33D;;. The Morgan fingerprint density at radius 1 is 0.764 bits per heavy atom. The minimum Gasteiger partial charge on any atom is -0.295 e. The van der Waals surface area contributed by atoms with Gasteiger partial charge in [0.05, 0.1) is 0 Å². The van der Waals surface area contributed by atoms with Crippen LogP contribution >= 0.6 is 11.3 Å². The molecule has 3 aromatic heterocycles. The van der Waals surface area contributed by atoms with Crippen LogP contribution in [0.15, 0.2) is 97.3 Å². The maximum atomic E-state index is 10.2. The Morgan fingerprint density at radius 3 is 2.15 bits per heavy atom. The SMILES string of the molecule is Cc1cc(-c2[c-]cccc2)nc[c]1[Ge]([CH3])([CH3])[CH3].[2H]C(c1ccnc(-c2[c-]c3cc(C)ccc3c3c2sc2ccccc23)c1)(C1CCCCC1)C1CCCCC1.[Ir]. The summed E-state index contributed by atoms with van der Waals surface area (Å²) in [7, 11) is 0. The van der Waals surface area contributed by atoms with Crippen molar-refractivity contribution in [1.82, 2.24) is 9.97 Å². The molecule has 0 amide bonds. The maximum absolute atomic E-state index is 10.2. The molecule has 285 valence electrons. The van der Waals surface area contributed by atoms with Gasteiger partial charge in [-0.25, -0.2) is 0 Å². The topological polar surface area (TPSA) is 25.8 Å². The van der Waals surface area contributed by atoms with Crippen LogP contribution in [0.2, 0.25) is 17.3 Å². The minimum absolute atomic E-state index is 0. The molecule has 3 heterocycles. The zero-order valence-corrected chi connectivity index (χ0v) is 38.4. The summed E-state index contributed by atoms with van der Waals surface area (Å²) in [6.45, 7) is 4.35. The van der Waals surface area contributed by atoms with E-state index in [1.165, 1.54) is 111 Å². The zero-order chi connectivity index (χ0) is 38.2. The van der Waals surface area contributed by atoms with E-state index in [1.54, 1.807) is 0 Å². The van der Waals surface area contributed by atoms with Crippen LogP contribution in [0.4, 0.5) is 0 Å². The van der Waals surface area contributed by atoms with E-state index in [-0.39, 0.29) is 20.1 Å². The molecule has 0 bridgehead atoms. The first kappa shape index (κ1) is 38.7. The van der Waals surface area contributed by atoms with E-state index < -0.39 is 19.2 Å². The van der Waals surface area contributed by atoms with E-state index in [2.05, 4.69) is 121 Å². The molecule has 0 saturated heterocycles. The Kier molecular flexibility index (Phi) is 12.4. The molecular weight excluding hydrogens is 925 g/mol. The molecule has 2 saturated carbocycles. The number of hydrogen-bond acceptors (Lipinski definition) is 3. The summed E-state index contributed by atoms with van der Waals surface area (Å²) >= 11 is 0.0809. The molecular formula is C50H54GeIrN2S-2. The normalized spacial score (nSPS) is 16.1. The molecule has 0 N–H and O–H groups in total. The fourth-order valence-electron chi connectivity index (χ4n) is 9.26.